The van der Waals surface area contributed by atoms with Gasteiger partial charge in [0.2, 0.25) is 0 Å². The topological polar surface area (TPSA) is 0 Å². The van der Waals surface area contributed by atoms with E-state index in [9.17, 15) is 0 Å². The molecule has 2 rings (SSSR count). The maximum atomic E-state index is 6.17. The van der Waals surface area contributed by atoms with Crippen LogP contribution in [0.25, 0.3) is 0 Å². The molecule has 1 heteroatoms. The highest BCUT2D eigenvalue weighted by Gasteiger charge is 2.40. The zero-order chi connectivity index (χ0) is 11.8. The molecule has 0 N–H and O–H groups in total. The van der Waals surface area contributed by atoms with Gasteiger partial charge in [0.1, 0.15) is 0 Å². The van der Waals surface area contributed by atoms with Crippen molar-refractivity contribution in [1.29, 1.82) is 0 Å². The largest absolute Gasteiger partial charge is 0.126 e. The van der Waals surface area contributed by atoms with Crippen LogP contribution in [0.2, 0.25) is 0 Å². The average molecular weight is 237 g/mol. The fraction of sp³-hybridized carbons (Fsp3) is 0.600. The summed E-state index contributed by atoms with van der Waals surface area (Å²) in [4.78, 5) is 0. The Balaban J connectivity index is 2.18. The fourth-order valence-electron chi connectivity index (χ4n) is 2.72. The molecule has 1 aromatic carbocycles. The number of hydrogen-bond acceptors (Lipinski definition) is 0. The minimum absolute atomic E-state index is 0.307. The molecule has 0 aliphatic heterocycles. The number of hydrogen-bond donors (Lipinski definition) is 0. The Kier molecular flexibility index (Phi) is 3.30. The zero-order valence-electron chi connectivity index (χ0n) is 10.5. The van der Waals surface area contributed by atoms with E-state index in [0.717, 1.165) is 18.2 Å². The van der Waals surface area contributed by atoms with Gasteiger partial charge in [0.25, 0.3) is 0 Å². The first-order chi connectivity index (χ1) is 7.53. The Labute approximate surface area is 104 Å². The molecule has 0 aromatic heterocycles. The van der Waals surface area contributed by atoms with E-state index in [1.165, 1.54) is 29.5 Å². The second kappa shape index (κ2) is 4.41. The van der Waals surface area contributed by atoms with Crippen molar-refractivity contribution < 1.29 is 0 Å². The summed E-state index contributed by atoms with van der Waals surface area (Å²) in [5.41, 5.74) is 4.49. The molecule has 0 spiro atoms. The van der Waals surface area contributed by atoms with E-state index >= 15 is 0 Å². The summed E-state index contributed by atoms with van der Waals surface area (Å²) in [6.07, 6.45) is 3.87. The van der Waals surface area contributed by atoms with Crippen molar-refractivity contribution in [2.45, 2.75) is 40.0 Å². The standard InChI is InChI=1S/C15H21Cl/c1-11-6-12(2)8-13(7-11)9-15(3,10-16)14-4-5-14/h6-8,14H,4-5,9-10H2,1-3H3. The van der Waals surface area contributed by atoms with Gasteiger partial charge in [0.15, 0.2) is 0 Å². The van der Waals surface area contributed by atoms with Crippen molar-refractivity contribution >= 4 is 11.6 Å². The summed E-state index contributed by atoms with van der Waals surface area (Å²) in [7, 11) is 0. The van der Waals surface area contributed by atoms with Crippen LogP contribution < -0.4 is 0 Å². The van der Waals surface area contributed by atoms with E-state index < -0.39 is 0 Å². The highest BCUT2D eigenvalue weighted by molar-refractivity contribution is 6.18. The van der Waals surface area contributed by atoms with Gasteiger partial charge in [-0.1, -0.05) is 36.2 Å². The molecule has 1 atom stereocenters. The van der Waals surface area contributed by atoms with Gasteiger partial charge >= 0.3 is 0 Å². The van der Waals surface area contributed by atoms with E-state index in [4.69, 9.17) is 11.6 Å². The van der Waals surface area contributed by atoms with Crippen LogP contribution in [0.1, 0.15) is 36.5 Å². The predicted octanol–water partition coefficient (Wildman–Crippen LogP) is 4.50. The van der Waals surface area contributed by atoms with E-state index in [-0.39, 0.29) is 0 Å². The molecule has 1 aromatic rings. The summed E-state index contributed by atoms with van der Waals surface area (Å²) in [6, 6.07) is 6.85. The normalized spacial score (nSPS) is 19.5. The van der Waals surface area contributed by atoms with Gasteiger partial charge in [-0.3, -0.25) is 0 Å². The van der Waals surface area contributed by atoms with Crippen molar-refractivity contribution in [2.24, 2.45) is 11.3 Å². The fourth-order valence-corrected chi connectivity index (χ4v) is 3.03. The summed E-state index contributed by atoms with van der Waals surface area (Å²) in [6.45, 7) is 6.69. The number of rotatable bonds is 4. The van der Waals surface area contributed by atoms with Gasteiger partial charge in [0, 0.05) is 5.88 Å². The van der Waals surface area contributed by atoms with Crippen molar-refractivity contribution in [3.8, 4) is 0 Å². The number of halogens is 1. The quantitative estimate of drug-likeness (QED) is 0.676. The van der Waals surface area contributed by atoms with Crippen LogP contribution >= 0.6 is 11.6 Å². The Hall–Kier alpha value is -0.490. The van der Waals surface area contributed by atoms with Gasteiger partial charge in [0.05, 0.1) is 0 Å². The second-order valence-electron chi connectivity index (χ2n) is 5.73. The minimum atomic E-state index is 0.307. The molecule has 1 aliphatic carbocycles. The zero-order valence-corrected chi connectivity index (χ0v) is 11.3. The Morgan fingerprint density at radius 1 is 1.19 bits per heavy atom. The predicted molar refractivity (Wildman–Crippen MR) is 71.2 cm³/mol. The lowest BCUT2D eigenvalue weighted by atomic mass is 9.80. The first-order valence-corrected chi connectivity index (χ1v) is 6.70. The molecule has 1 saturated carbocycles. The lowest BCUT2D eigenvalue weighted by molar-refractivity contribution is 0.313. The van der Waals surface area contributed by atoms with Crippen LogP contribution in [0.15, 0.2) is 18.2 Å². The molecular formula is C15H21Cl. The molecular weight excluding hydrogens is 216 g/mol. The van der Waals surface area contributed by atoms with Gasteiger partial charge < -0.3 is 0 Å². The third-order valence-corrected chi connectivity index (χ3v) is 4.37. The van der Waals surface area contributed by atoms with Gasteiger partial charge in [-0.25, -0.2) is 0 Å². The highest BCUT2D eigenvalue weighted by atomic mass is 35.5. The molecule has 0 radical (unpaired) electrons. The van der Waals surface area contributed by atoms with Crippen molar-refractivity contribution in [3.63, 3.8) is 0 Å². The van der Waals surface area contributed by atoms with Gasteiger partial charge in [-0.2, -0.15) is 0 Å². The Bertz CT molecular complexity index is 359. The van der Waals surface area contributed by atoms with Crippen LogP contribution in [0.3, 0.4) is 0 Å². The van der Waals surface area contributed by atoms with Crippen molar-refractivity contribution in [1.82, 2.24) is 0 Å². The summed E-state index contributed by atoms with van der Waals surface area (Å²) < 4.78 is 0. The smallest absolute Gasteiger partial charge is 0.0283 e. The van der Waals surface area contributed by atoms with Crippen LogP contribution in [0, 0.1) is 25.2 Å². The number of benzene rings is 1. The molecule has 0 saturated heterocycles. The van der Waals surface area contributed by atoms with Crippen LogP contribution in [0.5, 0.6) is 0 Å². The van der Waals surface area contributed by atoms with E-state index in [1.54, 1.807) is 0 Å². The molecule has 1 aliphatic rings. The molecule has 0 bridgehead atoms. The molecule has 0 heterocycles. The maximum absolute atomic E-state index is 6.17. The third-order valence-electron chi connectivity index (χ3n) is 3.76. The summed E-state index contributed by atoms with van der Waals surface area (Å²) in [5, 5.41) is 0. The first-order valence-electron chi connectivity index (χ1n) is 6.17. The minimum Gasteiger partial charge on any atom is -0.126 e. The lowest BCUT2D eigenvalue weighted by Gasteiger charge is -2.27. The van der Waals surface area contributed by atoms with Crippen LogP contribution in [-0.4, -0.2) is 5.88 Å². The molecule has 1 unspecified atom stereocenters. The monoisotopic (exact) mass is 236 g/mol. The van der Waals surface area contributed by atoms with Gasteiger partial charge in [-0.15, -0.1) is 11.6 Å². The summed E-state index contributed by atoms with van der Waals surface area (Å²) >= 11 is 6.17. The van der Waals surface area contributed by atoms with E-state index in [0.29, 0.717) is 5.41 Å². The SMILES string of the molecule is Cc1cc(C)cc(CC(C)(CCl)C2CC2)c1. The van der Waals surface area contributed by atoms with Crippen LogP contribution in [-0.2, 0) is 6.42 Å². The molecule has 88 valence electrons. The molecule has 0 nitrogen and oxygen atoms in total. The Morgan fingerprint density at radius 2 is 1.75 bits per heavy atom. The van der Waals surface area contributed by atoms with E-state index in [1.807, 2.05) is 0 Å². The second-order valence-corrected chi connectivity index (χ2v) is 6.00. The summed E-state index contributed by atoms with van der Waals surface area (Å²) in [5.74, 6) is 1.64. The van der Waals surface area contributed by atoms with Crippen molar-refractivity contribution in [3.05, 3.63) is 34.9 Å². The number of aryl methyl sites for hydroxylation is 2. The lowest BCUT2D eigenvalue weighted by Crippen LogP contribution is -2.24. The highest BCUT2D eigenvalue weighted by Crippen LogP contribution is 2.48. The van der Waals surface area contributed by atoms with Crippen LogP contribution in [0.4, 0.5) is 0 Å². The maximum Gasteiger partial charge on any atom is 0.0283 e. The van der Waals surface area contributed by atoms with Crippen molar-refractivity contribution in [2.75, 3.05) is 5.88 Å². The first kappa shape index (κ1) is 12.0. The average Bonchev–Trinajstić information content (AvgIpc) is 2.98. The molecule has 0 amide bonds. The van der Waals surface area contributed by atoms with Gasteiger partial charge in [-0.05, 0) is 50.0 Å². The Morgan fingerprint density at radius 3 is 2.19 bits per heavy atom. The molecule has 1 fully saturated rings. The molecule has 16 heavy (non-hydrogen) atoms. The number of alkyl halides is 1. The third kappa shape index (κ3) is 2.60. The van der Waals surface area contributed by atoms with E-state index in [2.05, 4.69) is 39.0 Å².